The molecule has 0 saturated carbocycles. The van der Waals surface area contributed by atoms with E-state index in [9.17, 15) is 18.0 Å². The molecule has 0 heterocycles. The number of rotatable bonds is 4. The van der Waals surface area contributed by atoms with E-state index in [1.54, 1.807) is 6.92 Å². The number of hydrogen-bond acceptors (Lipinski definition) is 4. The van der Waals surface area contributed by atoms with Gasteiger partial charge in [-0.05, 0) is 48.9 Å². The number of carbonyl (C=O) groups is 1. The molecular formula is C13H12F3NO2S. The third-order valence-corrected chi connectivity index (χ3v) is 3.36. The van der Waals surface area contributed by atoms with Gasteiger partial charge in [0.15, 0.2) is 0 Å². The minimum Gasteiger partial charge on any atom is -0.466 e. The molecule has 0 unspecified atom stereocenters. The highest BCUT2D eigenvalue weighted by Crippen LogP contribution is 2.40. The van der Waals surface area contributed by atoms with Gasteiger partial charge in [-0.25, -0.2) is 0 Å². The SMILES string of the molecule is CCOC(=O)Cc1c(SC(F)(F)F)ccc(C#N)c1C. The lowest BCUT2D eigenvalue weighted by molar-refractivity contribution is -0.142. The summed E-state index contributed by atoms with van der Waals surface area (Å²) in [7, 11) is 0. The summed E-state index contributed by atoms with van der Waals surface area (Å²) in [6.45, 7) is 3.28. The molecule has 7 heteroatoms. The van der Waals surface area contributed by atoms with Gasteiger partial charge in [0, 0.05) is 4.90 Å². The van der Waals surface area contributed by atoms with E-state index >= 15 is 0 Å². The van der Waals surface area contributed by atoms with E-state index in [0.29, 0.717) is 5.56 Å². The van der Waals surface area contributed by atoms with Crippen molar-refractivity contribution >= 4 is 17.7 Å². The Kier molecular flexibility index (Phi) is 5.45. The Hall–Kier alpha value is -1.68. The normalized spacial score (nSPS) is 11.0. The summed E-state index contributed by atoms with van der Waals surface area (Å²) in [6.07, 6.45) is -0.284. The topological polar surface area (TPSA) is 50.1 Å². The van der Waals surface area contributed by atoms with Crippen molar-refractivity contribution in [3.8, 4) is 6.07 Å². The highest BCUT2D eigenvalue weighted by Gasteiger charge is 2.31. The van der Waals surface area contributed by atoms with Gasteiger partial charge in [0.2, 0.25) is 0 Å². The number of halogens is 3. The van der Waals surface area contributed by atoms with E-state index in [4.69, 9.17) is 10.00 Å². The van der Waals surface area contributed by atoms with Crippen molar-refractivity contribution in [1.82, 2.24) is 0 Å². The fourth-order valence-electron chi connectivity index (χ4n) is 1.65. The number of ether oxygens (including phenoxy) is 1. The minimum absolute atomic E-state index is 0.0814. The average molecular weight is 303 g/mol. The Morgan fingerprint density at radius 1 is 1.45 bits per heavy atom. The van der Waals surface area contributed by atoms with Crippen molar-refractivity contribution in [3.05, 3.63) is 28.8 Å². The summed E-state index contributed by atoms with van der Waals surface area (Å²) < 4.78 is 42.3. The van der Waals surface area contributed by atoms with Gasteiger partial charge >= 0.3 is 11.5 Å². The first-order valence-corrected chi connectivity index (χ1v) is 6.54. The summed E-state index contributed by atoms with van der Waals surface area (Å²) in [5, 5.41) is 8.91. The van der Waals surface area contributed by atoms with Gasteiger partial charge in [0.25, 0.3) is 0 Å². The quantitative estimate of drug-likeness (QED) is 0.630. The molecule has 0 aliphatic heterocycles. The molecule has 0 fully saturated rings. The minimum atomic E-state index is -4.45. The van der Waals surface area contributed by atoms with Gasteiger partial charge in [-0.1, -0.05) is 0 Å². The maximum atomic E-state index is 12.5. The van der Waals surface area contributed by atoms with Crippen LogP contribution >= 0.6 is 11.8 Å². The third kappa shape index (κ3) is 4.46. The lowest BCUT2D eigenvalue weighted by atomic mass is 10.0. The van der Waals surface area contributed by atoms with E-state index in [-0.39, 0.29) is 40.8 Å². The van der Waals surface area contributed by atoms with Crippen LogP contribution in [0.15, 0.2) is 17.0 Å². The van der Waals surface area contributed by atoms with Crippen LogP contribution in [0.5, 0.6) is 0 Å². The Bertz CT molecular complexity index is 550. The molecule has 1 rings (SSSR count). The molecule has 0 saturated heterocycles. The highest BCUT2D eigenvalue weighted by atomic mass is 32.2. The van der Waals surface area contributed by atoms with Crippen molar-refractivity contribution in [1.29, 1.82) is 5.26 Å². The van der Waals surface area contributed by atoms with Gasteiger partial charge in [-0.15, -0.1) is 0 Å². The number of carbonyl (C=O) groups excluding carboxylic acids is 1. The summed E-state index contributed by atoms with van der Waals surface area (Å²) in [5.74, 6) is -0.616. The summed E-state index contributed by atoms with van der Waals surface area (Å²) in [5.41, 5.74) is -3.65. The lowest BCUT2D eigenvalue weighted by Gasteiger charge is -2.14. The maximum Gasteiger partial charge on any atom is 0.446 e. The van der Waals surface area contributed by atoms with E-state index in [0.717, 1.165) is 0 Å². The number of alkyl halides is 3. The first-order chi connectivity index (χ1) is 9.28. The molecule has 0 aliphatic carbocycles. The van der Waals surface area contributed by atoms with Crippen LogP contribution in [0.1, 0.15) is 23.6 Å². The van der Waals surface area contributed by atoms with Crippen molar-refractivity contribution in [3.63, 3.8) is 0 Å². The van der Waals surface area contributed by atoms with Crippen molar-refractivity contribution in [2.45, 2.75) is 30.7 Å². The first-order valence-electron chi connectivity index (χ1n) is 5.72. The number of hydrogen-bond donors (Lipinski definition) is 0. The van der Waals surface area contributed by atoms with Gasteiger partial charge in [0.1, 0.15) is 0 Å². The zero-order valence-electron chi connectivity index (χ0n) is 10.9. The Morgan fingerprint density at radius 3 is 2.60 bits per heavy atom. The zero-order valence-corrected chi connectivity index (χ0v) is 11.7. The molecule has 0 aliphatic rings. The largest absolute Gasteiger partial charge is 0.466 e. The second-order valence-corrected chi connectivity index (χ2v) is 4.96. The second kappa shape index (κ2) is 6.66. The average Bonchev–Trinajstić information content (AvgIpc) is 2.32. The third-order valence-electron chi connectivity index (χ3n) is 2.53. The van der Waals surface area contributed by atoms with Crippen LogP contribution in [0.4, 0.5) is 13.2 Å². The molecule has 0 amide bonds. The summed E-state index contributed by atoms with van der Waals surface area (Å²) >= 11 is -0.296. The van der Waals surface area contributed by atoms with Crippen LogP contribution in [-0.4, -0.2) is 18.1 Å². The van der Waals surface area contributed by atoms with E-state index in [2.05, 4.69) is 0 Å². The first kappa shape index (κ1) is 16.4. The van der Waals surface area contributed by atoms with Gasteiger partial charge in [-0.3, -0.25) is 4.79 Å². The Morgan fingerprint density at radius 2 is 2.10 bits per heavy atom. The van der Waals surface area contributed by atoms with Crippen LogP contribution in [0.25, 0.3) is 0 Å². The Labute approximate surface area is 118 Å². The number of nitrogens with zero attached hydrogens (tertiary/aromatic N) is 1. The maximum absolute atomic E-state index is 12.5. The molecule has 1 aromatic rings. The second-order valence-electron chi connectivity index (χ2n) is 3.86. The predicted octanol–water partition coefficient (Wildman–Crippen LogP) is 3.58. The smallest absolute Gasteiger partial charge is 0.446 e. The van der Waals surface area contributed by atoms with Crippen LogP contribution in [0.3, 0.4) is 0 Å². The fourth-order valence-corrected chi connectivity index (χ4v) is 2.38. The van der Waals surface area contributed by atoms with Crippen LogP contribution in [0.2, 0.25) is 0 Å². The van der Waals surface area contributed by atoms with Gasteiger partial charge < -0.3 is 4.74 Å². The van der Waals surface area contributed by atoms with Gasteiger partial charge in [-0.2, -0.15) is 18.4 Å². The molecule has 0 bridgehead atoms. The van der Waals surface area contributed by atoms with Crippen LogP contribution < -0.4 is 0 Å². The van der Waals surface area contributed by atoms with Crippen molar-refractivity contribution in [2.24, 2.45) is 0 Å². The van der Waals surface area contributed by atoms with Crippen LogP contribution in [0, 0.1) is 18.3 Å². The lowest BCUT2D eigenvalue weighted by Crippen LogP contribution is -2.11. The fraction of sp³-hybridized carbons (Fsp3) is 0.385. The summed E-state index contributed by atoms with van der Waals surface area (Å²) in [4.78, 5) is 11.4. The molecule has 108 valence electrons. The molecule has 0 atom stereocenters. The van der Waals surface area contributed by atoms with E-state index < -0.39 is 11.5 Å². The van der Waals surface area contributed by atoms with E-state index in [1.165, 1.54) is 19.1 Å². The number of benzene rings is 1. The Balaban J connectivity index is 3.21. The standard InChI is InChI=1S/C13H12F3NO2S/c1-3-19-12(18)6-10-8(2)9(7-17)4-5-11(10)20-13(14,15)16/h4-5H,3,6H2,1-2H3. The van der Waals surface area contributed by atoms with Gasteiger partial charge in [0.05, 0.1) is 24.7 Å². The predicted molar refractivity (Wildman–Crippen MR) is 68.1 cm³/mol. The molecule has 1 aromatic carbocycles. The molecule has 0 N–H and O–H groups in total. The highest BCUT2D eigenvalue weighted by molar-refractivity contribution is 8.00. The van der Waals surface area contributed by atoms with E-state index in [1.807, 2.05) is 6.07 Å². The number of nitriles is 1. The molecule has 0 aromatic heterocycles. The monoisotopic (exact) mass is 303 g/mol. The molecule has 20 heavy (non-hydrogen) atoms. The summed E-state index contributed by atoms with van der Waals surface area (Å²) in [6, 6.07) is 4.41. The van der Waals surface area contributed by atoms with Crippen molar-refractivity contribution < 1.29 is 22.7 Å². The molecular weight excluding hydrogens is 291 g/mol. The molecule has 0 spiro atoms. The molecule has 3 nitrogen and oxygen atoms in total. The van der Waals surface area contributed by atoms with Crippen molar-refractivity contribution in [2.75, 3.05) is 6.61 Å². The number of esters is 1. The number of thioether (sulfide) groups is 1. The molecule has 0 radical (unpaired) electrons. The van der Waals surface area contributed by atoms with Crippen LogP contribution in [-0.2, 0) is 16.0 Å². The zero-order chi connectivity index (χ0) is 15.3.